The van der Waals surface area contributed by atoms with E-state index in [1.165, 1.54) is 31.2 Å². The van der Waals surface area contributed by atoms with Gasteiger partial charge in [0, 0.05) is 10.7 Å². The molecular weight excluding hydrogens is 392 g/mol. The average Bonchev–Trinajstić information content (AvgIpc) is 2.61. The molecule has 2 rings (SSSR count). The SMILES string of the molecule is Cc1ccc(NC(=O)COC(=O)[C@H](C)NS(=O)(=O)c2cccc(Cl)c2)cc1. The second kappa shape index (κ2) is 8.98. The maximum Gasteiger partial charge on any atom is 0.324 e. The number of aryl methyl sites for hydroxylation is 1. The average molecular weight is 411 g/mol. The van der Waals surface area contributed by atoms with E-state index >= 15 is 0 Å². The number of hydrogen-bond donors (Lipinski definition) is 2. The van der Waals surface area contributed by atoms with Crippen molar-refractivity contribution in [1.29, 1.82) is 0 Å². The normalized spacial score (nSPS) is 12.3. The van der Waals surface area contributed by atoms with Gasteiger partial charge >= 0.3 is 5.97 Å². The van der Waals surface area contributed by atoms with Crippen LogP contribution in [0.15, 0.2) is 53.4 Å². The number of nitrogens with one attached hydrogen (secondary N) is 2. The highest BCUT2D eigenvalue weighted by Gasteiger charge is 2.23. The van der Waals surface area contributed by atoms with Gasteiger partial charge in [0.1, 0.15) is 6.04 Å². The molecule has 9 heteroatoms. The molecule has 0 radical (unpaired) electrons. The highest BCUT2D eigenvalue weighted by Crippen LogP contribution is 2.15. The molecule has 0 spiro atoms. The minimum Gasteiger partial charge on any atom is -0.454 e. The minimum atomic E-state index is -3.95. The van der Waals surface area contributed by atoms with Gasteiger partial charge < -0.3 is 10.1 Å². The van der Waals surface area contributed by atoms with Crippen molar-refractivity contribution in [3.05, 3.63) is 59.1 Å². The van der Waals surface area contributed by atoms with Crippen LogP contribution in [0.4, 0.5) is 5.69 Å². The van der Waals surface area contributed by atoms with Gasteiger partial charge in [0.2, 0.25) is 10.0 Å². The number of carbonyl (C=O) groups excluding carboxylic acids is 2. The van der Waals surface area contributed by atoms with Gasteiger partial charge in [0.15, 0.2) is 6.61 Å². The van der Waals surface area contributed by atoms with Crippen molar-refractivity contribution < 1.29 is 22.7 Å². The zero-order valence-corrected chi connectivity index (χ0v) is 16.3. The maximum atomic E-state index is 12.2. The number of amides is 1. The van der Waals surface area contributed by atoms with Gasteiger partial charge in [-0.1, -0.05) is 35.4 Å². The summed E-state index contributed by atoms with van der Waals surface area (Å²) >= 11 is 5.78. The molecule has 0 aliphatic heterocycles. The summed E-state index contributed by atoms with van der Waals surface area (Å²) in [5, 5.41) is 2.83. The van der Waals surface area contributed by atoms with Crippen molar-refractivity contribution in [3.8, 4) is 0 Å². The summed E-state index contributed by atoms with van der Waals surface area (Å²) in [5.41, 5.74) is 1.61. The van der Waals surface area contributed by atoms with E-state index in [0.717, 1.165) is 5.56 Å². The van der Waals surface area contributed by atoms with E-state index in [1.54, 1.807) is 12.1 Å². The van der Waals surface area contributed by atoms with Crippen LogP contribution in [-0.2, 0) is 24.3 Å². The van der Waals surface area contributed by atoms with E-state index in [2.05, 4.69) is 10.0 Å². The number of ether oxygens (including phenoxy) is 1. The number of rotatable bonds is 7. The van der Waals surface area contributed by atoms with Gasteiger partial charge in [-0.25, -0.2) is 8.42 Å². The monoisotopic (exact) mass is 410 g/mol. The topological polar surface area (TPSA) is 102 Å². The molecule has 0 saturated carbocycles. The van der Waals surface area contributed by atoms with Crippen molar-refractivity contribution in [3.63, 3.8) is 0 Å². The summed E-state index contributed by atoms with van der Waals surface area (Å²) in [6, 6.07) is 11.5. The number of hydrogen-bond acceptors (Lipinski definition) is 5. The quantitative estimate of drug-likeness (QED) is 0.683. The third kappa shape index (κ3) is 6.35. The standard InChI is InChI=1S/C18H19ClN2O5S/c1-12-6-8-15(9-7-12)20-17(22)11-26-18(23)13(2)21-27(24,25)16-5-3-4-14(19)10-16/h3-10,13,21H,11H2,1-2H3,(H,20,22)/t13-/m0/s1. The third-order valence-corrected chi connectivity index (χ3v) is 5.25. The van der Waals surface area contributed by atoms with Crippen LogP contribution in [0.1, 0.15) is 12.5 Å². The molecule has 2 N–H and O–H groups in total. The zero-order chi connectivity index (χ0) is 20.0. The molecule has 7 nitrogen and oxygen atoms in total. The number of carbonyl (C=O) groups is 2. The van der Waals surface area contributed by atoms with E-state index < -0.39 is 34.5 Å². The van der Waals surface area contributed by atoms with E-state index in [0.29, 0.717) is 5.69 Å². The maximum absolute atomic E-state index is 12.2. The number of esters is 1. The van der Waals surface area contributed by atoms with E-state index in [-0.39, 0.29) is 9.92 Å². The molecule has 144 valence electrons. The van der Waals surface area contributed by atoms with Crippen molar-refractivity contribution in [2.75, 3.05) is 11.9 Å². The summed E-state index contributed by atoms with van der Waals surface area (Å²) in [5.74, 6) is -1.41. The van der Waals surface area contributed by atoms with Crippen LogP contribution in [0, 0.1) is 6.92 Å². The molecule has 2 aromatic rings. The Labute approximate surface area is 162 Å². The lowest BCUT2D eigenvalue weighted by atomic mass is 10.2. The van der Waals surface area contributed by atoms with E-state index in [9.17, 15) is 18.0 Å². The van der Waals surface area contributed by atoms with Crippen LogP contribution >= 0.6 is 11.6 Å². The van der Waals surface area contributed by atoms with Crippen LogP contribution in [-0.4, -0.2) is 32.9 Å². The molecular formula is C18H19ClN2O5S. The van der Waals surface area contributed by atoms with Gasteiger partial charge in [0.25, 0.3) is 5.91 Å². The van der Waals surface area contributed by atoms with Crippen LogP contribution < -0.4 is 10.0 Å². The second-order valence-electron chi connectivity index (χ2n) is 5.82. The first-order valence-corrected chi connectivity index (χ1v) is 9.84. The smallest absolute Gasteiger partial charge is 0.324 e. The Morgan fingerprint density at radius 3 is 2.44 bits per heavy atom. The molecule has 0 heterocycles. The minimum absolute atomic E-state index is 0.0771. The summed E-state index contributed by atoms with van der Waals surface area (Å²) in [4.78, 5) is 23.7. The van der Waals surface area contributed by atoms with Crippen molar-refractivity contribution in [2.45, 2.75) is 24.8 Å². The van der Waals surface area contributed by atoms with Gasteiger partial charge in [-0.05, 0) is 44.2 Å². The molecule has 1 atom stereocenters. The fourth-order valence-electron chi connectivity index (χ4n) is 2.08. The van der Waals surface area contributed by atoms with Gasteiger partial charge in [-0.3, -0.25) is 9.59 Å². The van der Waals surface area contributed by atoms with E-state index in [4.69, 9.17) is 16.3 Å². The van der Waals surface area contributed by atoms with Gasteiger partial charge in [0.05, 0.1) is 4.90 Å². The first-order chi connectivity index (χ1) is 12.7. The fourth-order valence-corrected chi connectivity index (χ4v) is 3.57. The molecule has 1 amide bonds. The molecule has 0 aromatic heterocycles. The lowest BCUT2D eigenvalue weighted by molar-refractivity contribution is -0.148. The Hall–Kier alpha value is -2.42. The summed E-state index contributed by atoms with van der Waals surface area (Å²) in [7, 11) is -3.95. The Balaban J connectivity index is 1.87. The van der Waals surface area contributed by atoms with Crippen molar-refractivity contribution in [2.24, 2.45) is 0 Å². The molecule has 0 aliphatic carbocycles. The third-order valence-electron chi connectivity index (χ3n) is 3.47. The number of sulfonamides is 1. The Morgan fingerprint density at radius 2 is 1.81 bits per heavy atom. The second-order valence-corrected chi connectivity index (χ2v) is 7.97. The van der Waals surface area contributed by atoms with Crippen molar-refractivity contribution in [1.82, 2.24) is 4.72 Å². The Kier molecular flexibility index (Phi) is 6.95. The largest absolute Gasteiger partial charge is 0.454 e. The molecule has 0 aliphatic rings. The lowest BCUT2D eigenvalue weighted by Gasteiger charge is -2.14. The lowest BCUT2D eigenvalue weighted by Crippen LogP contribution is -2.40. The Morgan fingerprint density at radius 1 is 1.15 bits per heavy atom. The molecule has 2 aromatic carbocycles. The Bertz CT molecular complexity index is 929. The zero-order valence-electron chi connectivity index (χ0n) is 14.7. The summed E-state index contributed by atoms with van der Waals surface area (Å²) in [6.45, 7) is 2.71. The van der Waals surface area contributed by atoms with Crippen LogP contribution in [0.25, 0.3) is 0 Å². The first kappa shape index (κ1) is 20.9. The van der Waals surface area contributed by atoms with Gasteiger partial charge in [-0.15, -0.1) is 0 Å². The fraction of sp³-hybridized carbons (Fsp3) is 0.222. The molecule has 27 heavy (non-hydrogen) atoms. The predicted octanol–water partition coefficient (Wildman–Crippen LogP) is 2.50. The molecule has 0 unspecified atom stereocenters. The summed E-state index contributed by atoms with van der Waals surface area (Å²) in [6.07, 6.45) is 0. The number of halogens is 1. The van der Waals surface area contributed by atoms with Gasteiger partial charge in [-0.2, -0.15) is 4.72 Å². The molecule has 0 bridgehead atoms. The van der Waals surface area contributed by atoms with E-state index in [1.807, 2.05) is 19.1 Å². The van der Waals surface area contributed by atoms with Crippen LogP contribution in [0.3, 0.4) is 0 Å². The predicted molar refractivity (Wildman–Crippen MR) is 102 cm³/mol. The molecule has 0 saturated heterocycles. The number of benzene rings is 2. The number of anilines is 1. The first-order valence-electron chi connectivity index (χ1n) is 7.98. The van der Waals surface area contributed by atoms with Crippen LogP contribution in [0.2, 0.25) is 5.02 Å². The van der Waals surface area contributed by atoms with Crippen molar-refractivity contribution >= 4 is 39.2 Å². The highest BCUT2D eigenvalue weighted by atomic mass is 35.5. The highest BCUT2D eigenvalue weighted by molar-refractivity contribution is 7.89. The molecule has 0 fully saturated rings. The van der Waals surface area contributed by atoms with Crippen LogP contribution in [0.5, 0.6) is 0 Å². The summed E-state index contributed by atoms with van der Waals surface area (Å²) < 4.78 is 31.5.